The maximum absolute atomic E-state index is 12.1. The molecule has 4 heteroatoms. The summed E-state index contributed by atoms with van der Waals surface area (Å²) in [6.45, 7) is 6.46. The predicted octanol–water partition coefficient (Wildman–Crippen LogP) is 1.79. The van der Waals surface area contributed by atoms with Crippen molar-refractivity contribution >= 4 is 5.97 Å². The number of hydrogen-bond acceptors (Lipinski definition) is 4. The maximum Gasteiger partial charge on any atom is 0.323 e. The standard InChI is InChI=1S/C14H28N2O2/c1-4-8-13(14(17)18-5-2)16-10-7-6-9-12(16)11-15-3/h12-13,15H,4-11H2,1-3H3. The molecule has 0 aromatic rings. The maximum atomic E-state index is 12.1. The van der Waals surface area contributed by atoms with Crippen LogP contribution < -0.4 is 5.32 Å². The zero-order valence-corrected chi connectivity index (χ0v) is 12.1. The average molecular weight is 256 g/mol. The van der Waals surface area contributed by atoms with Crippen LogP contribution in [0.2, 0.25) is 0 Å². The van der Waals surface area contributed by atoms with Crippen molar-refractivity contribution in [2.45, 2.75) is 58.0 Å². The first-order chi connectivity index (χ1) is 8.74. The zero-order valence-electron chi connectivity index (χ0n) is 12.1. The molecule has 2 atom stereocenters. The Bertz CT molecular complexity index is 244. The molecule has 0 amide bonds. The van der Waals surface area contributed by atoms with E-state index in [0.717, 1.165) is 25.9 Å². The van der Waals surface area contributed by atoms with E-state index in [1.165, 1.54) is 19.3 Å². The van der Waals surface area contributed by atoms with E-state index in [4.69, 9.17) is 4.74 Å². The van der Waals surface area contributed by atoms with Gasteiger partial charge in [-0.15, -0.1) is 0 Å². The first-order valence-electron chi connectivity index (χ1n) is 7.31. The number of nitrogens with one attached hydrogen (secondary N) is 1. The molecule has 0 aromatic heterocycles. The smallest absolute Gasteiger partial charge is 0.323 e. The molecular formula is C14H28N2O2. The number of piperidine rings is 1. The Balaban J connectivity index is 2.70. The van der Waals surface area contributed by atoms with Gasteiger partial charge in [0.1, 0.15) is 6.04 Å². The molecule has 4 nitrogen and oxygen atoms in total. The van der Waals surface area contributed by atoms with E-state index in [-0.39, 0.29) is 12.0 Å². The van der Waals surface area contributed by atoms with Crippen molar-refractivity contribution in [1.82, 2.24) is 10.2 Å². The molecule has 0 spiro atoms. The third-order valence-corrected chi connectivity index (χ3v) is 3.63. The molecule has 1 rings (SSSR count). The van der Waals surface area contributed by atoms with E-state index < -0.39 is 0 Å². The van der Waals surface area contributed by atoms with E-state index in [0.29, 0.717) is 12.6 Å². The Hall–Kier alpha value is -0.610. The lowest BCUT2D eigenvalue weighted by Gasteiger charge is -2.40. The topological polar surface area (TPSA) is 41.6 Å². The van der Waals surface area contributed by atoms with E-state index >= 15 is 0 Å². The molecule has 1 aliphatic rings. The quantitative estimate of drug-likeness (QED) is 0.705. The summed E-state index contributed by atoms with van der Waals surface area (Å²) in [5.41, 5.74) is 0. The van der Waals surface area contributed by atoms with E-state index in [1.54, 1.807) is 0 Å². The average Bonchev–Trinajstić information content (AvgIpc) is 2.37. The number of likely N-dealkylation sites (N-methyl/N-ethyl adjacent to an activating group) is 1. The highest BCUT2D eigenvalue weighted by Gasteiger charge is 2.32. The Morgan fingerprint density at radius 3 is 2.83 bits per heavy atom. The minimum atomic E-state index is -0.0476. The van der Waals surface area contributed by atoms with Crippen molar-refractivity contribution in [2.75, 3.05) is 26.7 Å². The number of ether oxygens (including phenoxy) is 1. The molecule has 106 valence electrons. The second-order valence-corrected chi connectivity index (χ2v) is 5.00. The highest BCUT2D eigenvalue weighted by atomic mass is 16.5. The van der Waals surface area contributed by atoms with Crippen molar-refractivity contribution < 1.29 is 9.53 Å². The minimum Gasteiger partial charge on any atom is -0.465 e. The number of nitrogens with zero attached hydrogens (tertiary/aromatic N) is 1. The van der Waals surface area contributed by atoms with Crippen LogP contribution >= 0.6 is 0 Å². The van der Waals surface area contributed by atoms with Crippen LogP contribution in [0, 0.1) is 0 Å². The van der Waals surface area contributed by atoms with Gasteiger partial charge in [0.25, 0.3) is 0 Å². The summed E-state index contributed by atoms with van der Waals surface area (Å²) in [6, 6.07) is 0.429. The van der Waals surface area contributed by atoms with Gasteiger partial charge in [-0.05, 0) is 39.8 Å². The van der Waals surface area contributed by atoms with E-state index in [2.05, 4.69) is 17.1 Å². The predicted molar refractivity (Wildman–Crippen MR) is 73.6 cm³/mol. The summed E-state index contributed by atoms with van der Waals surface area (Å²) in [4.78, 5) is 14.5. The Kier molecular flexibility index (Phi) is 7.28. The SMILES string of the molecule is CCCC(C(=O)OCC)N1CCCCC1CNC. The van der Waals surface area contributed by atoms with Gasteiger partial charge in [0.05, 0.1) is 6.61 Å². The number of rotatable bonds is 7. The van der Waals surface area contributed by atoms with Gasteiger partial charge in [-0.3, -0.25) is 9.69 Å². The van der Waals surface area contributed by atoms with Gasteiger partial charge in [-0.2, -0.15) is 0 Å². The van der Waals surface area contributed by atoms with Crippen LogP contribution in [0.3, 0.4) is 0 Å². The van der Waals surface area contributed by atoms with Gasteiger partial charge < -0.3 is 10.1 Å². The summed E-state index contributed by atoms with van der Waals surface area (Å²) < 4.78 is 5.24. The van der Waals surface area contributed by atoms with Gasteiger partial charge in [0.2, 0.25) is 0 Å². The molecule has 1 heterocycles. The molecular weight excluding hydrogens is 228 g/mol. The molecule has 18 heavy (non-hydrogen) atoms. The molecule has 1 aliphatic heterocycles. The second-order valence-electron chi connectivity index (χ2n) is 5.00. The molecule has 2 unspecified atom stereocenters. The highest BCUT2D eigenvalue weighted by molar-refractivity contribution is 5.75. The van der Waals surface area contributed by atoms with Gasteiger partial charge in [0.15, 0.2) is 0 Å². The summed E-state index contributed by atoms with van der Waals surface area (Å²) in [7, 11) is 1.98. The van der Waals surface area contributed by atoms with Crippen LogP contribution in [0.1, 0.15) is 46.0 Å². The summed E-state index contributed by atoms with van der Waals surface area (Å²) >= 11 is 0. The van der Waals surface area contributed by atoms with Crippen LogP contribution in [-0.4, -0.2) is 49.7 Å². The third-order valence-electron chi connectivity index (χ3n) is 3.63. The van der Waals surface area contributed by atoms with Crippen molar-refractivity contribution in [3.05, 3.63) is 0 Å². The molecule has 0 aromatic carbocycles. The first kappa shape index (κ1) is 15.4. The lowest BCUT2D eigenvalue weighted by Crippen LogP contribution is -2.53. The van der Waals surface area contributed by atoms with Gasteiger partial charge in [-0.25, -0.2) is 0 Å². The Labute approximate surface area is 111 Å². The fourth-order valence-corrected chi connectivity index (χ4v) is 2.82. The second kappa shape index (κ2) is 8.48. The molecule has 0 radical (unpaired) electrons. The fraction of sp³-hybridized carbons (Fsp3) is 0.929. The highest BCUT2D eigenvalue weighted by Crippen LogP contribution is 2.22. The van der Waals surface area contributed by atoms with E-state index in [9.17, 15) is 4.79 Å². The molecule has 0 saturated carbocycles. The molecule has 1 fully saturated rings. The van der Waals surface area contributed by atoms with Crippen molar-refractivity contribution in [3.63, 3.8) is 0 Å². The number of carbonyl (C=O) groups is 1. The lowest BCUT2D eigenvalue weighted by atomic mass is 9.98. The molecule has 0 bridgehead atoms. The minimum absolute atomic E-state index is 0.0395. The van der Waals surface area contributed by atoms with Crippen LogP contribution in [0.5, 0.6) is 0 Å². The number of likely N-dealkylation sites (tertiary alicyclic amines) is 1. The summed E-state index contributed by atoms with van der Waals surface area (Å²) in [6.07, 6.45) is 5.57. The van der Waals surface area contributed by atoms with Crippen LogP contribution in [0.4, 0.5) is 0 Å². The number of hydrogen-bond donors (Lipinski definition) is 1. The zero-order chi connectivity index (χ0) is 13.4. The van der Waals surface area contributed by atoms with Crippen LogP contribution in [-0.2, 0) is 9.53 Å². The lowest BCUT2D eigenvalue weighted by molar-refractivity contribution is -0.151. The first-order valence-corrected chi connectivity index (χ1v) is 7.31. The molecule has 1 N–H and O–H groups in total. The number of esters is 1. The normalized spacial score (nSPS) is 22.7. The largest absolute Gasteiger partial charge is 0.465 e. The monoisotopic (exact) mass is 256 g/mol. The van der Waals surface area contributed by atoms with Crippen LogP contribution in [0.25, 0.3) is 0 Å². The van der Waals surface area contributed by atoms with E-state index in [1.807, 2.05) is 14.0 Å². The Morgan fingerprint density at radius 2 is 2.22 bits per heavy atom. The Morgan fingerprint density at radius 1 is 1.44 bits per heavy atom. The third kappa shape index (κ3) is 4.25. The number of carbonyl (C=O) groups excluding carboxylic acids is 1. The van der Waals surface area contributed by atoms with Crippen LogP contribution in [0.15, 0.2) is 0 Å². The summed E-state index contributed by atoms with van der Waals surface area (Å²) in [5, 5.41) is 3.24. The van der Waals surface area contributed by atoms with Crippen molar-refractivity contribution in [1.29, 1.82) is 0 Å². The molecule has 1 saturated heterocycles. The van der Waals surface area contributed by atoms with Gasteiger partial charge in [0, 0.05) is 12.6 Å². The fourth-order valence-electron chi connectivity index (χ4n) is 2.82. The van der Waals surface area contributed by atoms with Gasteiger partial charge in [-0.1, -0.05) is 19.8 Å². The molecule has 0 aliphatic carbocycles. The van der Waals surface area contributed by atoms with Crippen molar-refractivity contribution in [2.24, 2.45) is 0 Å². The van der Waals surface area contributed by atoms with Gasteiger partial charge >= 0.3 is 5.97 Å². The summed E-state index contributed by atoms with van der Waals surface area (Å²) in [5.74, 6) is -0.0395. The van der Waals surface area contributed by atoms with Crippen molar-refractivity contribution in [3.8, 4) is 0 Å².